The van der Waals surface area contributed by atoms with E-state index in [0.29, 0.717) is 13.0 Å². The van der Waals surface area contributed by atoms with Crippen molar-refractivity contribution in [1.29, 1.82) is 0 Å². The zero-order valence-corrected chi connectivity index (χ0v) is 10.3. The molecule has 17 heavy (non-hydrogen) atoms. The first kappa shape index (κ1) is 13.8. The van der Waals surface area contributed by atoms with Crippen LogP contribution in [-0.4, -0.2) is 43.5 Å². The molecule has 1 aliphatic heterocycles. The van der Waals surface area contributed by atoms with Crippen molar-refractivity contribution < 1.29 is 4.79 Å². The third-order valence-electron chi connectivity index (χ3n) is 2.93. The van der Waals surface area contributed by atoms with E-state index < -0.39 is 0 Å². The monoisotopic (exact) mass is 239 g/mol. The molecule has 1 fully saturated rings. The number of carbonyl (C=O) groups is 1. The topological polar surface area (TPSA) is 81.1 Å². The number of amides is 1. The van der Waals surface area contributed by atoms with E-state index in [2.05, 4.69) is 15.3 Å². The van der Waals surface area contributed by atoms with Gasteiger partial charge in [-0.25, -0.2) is 0 Å². The van der Waals surface area contributed by atoms with Crippen LogP contribution in [0.2, 0.25) is 0 Å². The summed E-state index contributed by atoms with van der Waals surface area (Å²) in [6.07, 6.45) is 4.60. The highest BCUT2D eigenvalue weighted by Gasteiger charge is 2.14. The van der Waals surface area contributed by atoms with Crippen LogP contribution in [0.5, 0.6) is 0 Å². The Morgan fingerprint density at radius 1 is 1.24 bits per heavy atom. The highest BCUT2D eigenvalue weighted by atomic mass is 16.2. The van der Waals surface area contributed by atoms with Gasteiger partial charge in [0, 0.05) is 44.1 Å². The third kappa shape index (κ3) is 6.14. The van der Waals surface area contributed by atoms with E-state index >= 15 is 0 Å². The lowest BCUT2D eigenvalue weighted by Gasteiger charge is -2.27. The van der Waals surface area contributed by atoms with Gasteiger partial charge in [0.15, 0.2) is 0 Å². The van der Waals surface area contributed by atoms with E-state index in [1.165, 1.54) is 0 Å². The first-order valence-corrected chi connectivity index (χ1v) is 6.34. The fourth-order valence-electron chi connectivity index (χ4n) is 1.93. The van der Waals surface area contributed by atoms with Crippen LogP contribution in [0.3, 0.4) is 0 Å². The standard InChI is InChI=1S/C11H21N5O/c12-15-14-6-4-2-1-3-5-11(17)16-9-7-13-8-10-16/h13H,1-10H2. The van der Waals surface area contributed by atoms with Crippen LogP contribution >= 0.6 is 0 Å². The molecule has 1 heterocycles. The minimum absolute atomic E-state index is 0.279. The molecule has 0 aromatic heterocycles. The van der Waals surface area contributed by atoms with Crippen molar-refractivity contribution in [2.45, 2.75) is 32.1 Å². The van der Waals surface area contributed by atoms with E-state index in [1.54, 1.807) is 0 Å². The molecular weight excluding hydrogens is 218 g/mol. The van der Waals surface area contributed by atoms with Crippen molar-refractivity contribution in [2.24, 2.45) is 5.11 Å². The maximum Gasteiger partial charge on any atom is 0.222 e. The molecule has 1 amide bonds. The summed E-state index contributed by atoms with van der Waals surface area (Å²) < 4.78 is 0. The summed E-state index contributed by atoms with van der Waals surface area (Å²) in [6.45, 7) is 4.09. The largest absolute Gasteiger partial charge is 0.340 e. The molecule has 0 aromatic carbocycles. The van der Waals surface area contributed by atoms with Crippen molar-refractivity contribution in [3.8, 4) is 0 Å². The zero-order chi connectivity index (χ0) is 12.3. The van der Waals surface area contributed by atoms with Gasteiger partial charge in [0.1, 0.15) is 0 Å². The van der Waals surface area contributed by atoms with Gasteiger partial charge < -0.3 is 10.2 Å². The van der Waals surface area contributed by atoms with Gasteiger partial charge in [-0.05, 0) is 18.4 Å². The SMILES string of the molecule is [N-]=[N+]=NCCCCCCC(=O)N1CCNCC1. The van der Waals surface area contributed by atoms with Crippen LogP contribution in [0.25, 0.3) is 10.4 Å². The highest BCUT2D eigenvalue weighted by Crippen LogP contribution is 2.06. The molecule has 0 aromatic rings. The first-order chi connectivity index (χ1) is 8.34. The van der Waals surface area contributed by atoms with Crippen molar-refractivity contribution in [3.05, 3.63) is 10.4 Å². The molecule has 0 aliphatic carbocycles. The molecule has 0 spiro atoms. The molecular formula is C11H21N5O. The van der Waals surface area contributed by atoms with Gasteiger partial charge in [0.2, 0.25) is 5.91 Å². The van der Waals surface area contributed by atoms with Crippen molar-refractivity contribution in [1.82, 2.24) is 10.2 Å². The summed E-state index contributed by atoms with van der Waals surface area (Å²) >= 11 is 0. The van der Waals surface area contributed by atoms with E-state index in [4.69, 9.17) is 5.53 Å². The Labute approximate surface area is 102 Å². The maximum absolute atomic E-state index is 11.8. The molecule has 0 atom stereocenters. The normalized spacial score (nSPS) is 15.4. The quantitative estimate of drug-likeness (QED) is 0.317. The molecule has 1 aliphatic rings. The average molecular weight is 239 g/mol. The summed E-state index contributed by atoms with van der Waals surface area (Å²) in [5, 5.41) is 6.71. The third-order valence-corrected chi connectivity index (χ3v) is 2.93. The van der Waals surface area contributed by atoms with Gasteiger partial charge in [0.25, 0.3) is 0 Å². The predicted molar refractivity (Wildman–Crippen MR) is 66.5 cm³/mol. The lowest BCUT2D eigenvalue weighted by atomic mass is 10.1. The summed E-state index contributed by atoms with van der Waals surface area (Å²) in [5.41, 5.74) is 8.09. The van der Waals surface area contributed by atoms with Crippen LogP contribution in [0.4, 0.5) is 0 Å². The number of rotatable bonds is 7. The fraction of sp³-hybridized carbons (Fsp3) is 0.909. The van der Waals surface area contributed by atoms with E-state index in [1.807, 2.05) is 4.90 Å². The van der Waals surface area contributed by atoms with Gasteiger partial charge in [-0.3, -0.25) is 4.79 Å². The Morgan fingerprint density at radius 2 is 1.94 bits per heavy atom. The number of carbonyl (C=O) groups excluding carboxylic acids is 1. The summed E-state index contributed by atoms with van der Waals surface area (Å²) in [7, 11) is 0. The molecule has 0 bridgehead atoms. The molecule has 6 heteroatoms. The minimum atomic E-state index is 0.279. The number of azide groups is 1. The second-order valence-corrected chi connectivity index (χ2v) is 4.25. The van der Waals surface area contributed by atoms with Crippen molar-refractivity contribution >= 4 is 5.91 Å². The Bertz CT molecular complexity index is 269. The average Bonchev–Trinajstić information content (AvgIpc) is 2.38. The highest BCUT2D eigenvalue weighted by molar-refractivity contribution is 5.76. The molecule has 96 valence electrons. The summed E-state index contributed by atoms with van der Waals surface area (Å²) in [4.78, 5) is 16.4. The molecule has 1 saturated heterocycles. The first-order valence-electron chi connectivity index (χ1n) is 6.34. The van der Waals surface area contributed by atoms with Crippen LogP contribution in [0.15, 0.2) is 5.11 Å². The van der Waals surface area contributed by atoms with Gasteiger partial charge in [0.05, 0.1) is 0 Å². The number of hydrogen-bond donors (Lipinski definition) is 1. The fourth-order valence-corrected chi connectivity index (χ4v) is 1.93. The lowest BCUT2D eigenvalue weighted by Crippen LogP contribution is -2.46. The second-order valence-electron chi connectivity index (χ2n) is 4.25. The Kier molecular flexibility index (Phi) is 7.18. The van der Waals surface area contributed by atoms with Crippen molar-refractivity contribution in [2.75, 3.05) is 32.7 Å². The van der Waals surface area contributed by atoms with Crippen molar-refractivity contribution in [3.63, 3.8) is 0 Å². The summed E-state index contributed by atoms with van der Waals surface area (Å²) in [6, 6.07) is 0. The van der Waals surface area contributed by atoms with E-state index in [0.717, 1.165) is 51.9 Å². The molecule has 6 nitrogen and oxygen atoms in total. The number of hydrogen-bond acceptors (Lipinski definition) is 3. The Morgan fingerprint density at radius 3 is 2.65 bits per heavy atom. The zero-order valence-electron chi connectivity index (χ0n) is 10.3. The van der Waals surface area contributed by atoms with Crippen LogP contribution in [0.1, 0.15) is 32.1 Å². The number of nitrogens with one attached hydrogen (secondary N) is 1. The minimum Gasteiger partial charge on any atom is -0.340 e. The maximum atomic E-state index is 11.8. The molecule has 1 rings (SSSR count). The molecule has 0 unspecified atom stereocenters. The second kappa shape index (κ2) is 8.84. The van der Waals surface area contributed by atoms with Gasteiger partial charge in [-0.2, -0.15) is 0 Å². The number of piperazine rings is 1. The molecule has 1 N–H and O–H groups in total. The van der Waals surface area contributed by atoms with Crippen LogP contribution in [0, 0.1) is 0 Å². The summed E-state index contributed by atoms with van der Waals surface area (Å²) in [5.74, 6) is 0.279. The molecule has 0 saturated carbocycles. The Balaban J connectivity index is 1.97. The number of nitrogens with zero attached hydrogens (tertiary/aromatic N) is 4. The van der Waals surface area contributed by atoms with E-state index in [-0.39, 0.29) is 5.91 Å². The van der Waals surface area contributed by atoms with Gasteiger partial charge >= 0.3 is 0 Å². The smallest absolute Gasteiger partial charge is 0.222 e. The van der Waals surface area contributed by atoms with Crippen LogP contribution < -0.4 is 5.32 Å². The van der Waals surface area contributed by atoms with E-state index in [9.17, 15) is 4.79 Å². The van der Waals surface area contributed by atoms with Gasteiger partial charge in [-0.15, -0.1) is 0 Å². The predicted octanol–water partition coefficient (Wildman–Crippen LogP) is 1.68. The molecule has 0 radical (unpaired) electrons. The van der Waals surface area contributed by atoms with Gasteiger partial charge in [-0.1, -0.05) is 18.0 Å². The van der Waals surface area contributed by atoms with Crippen LogP contribution in [-0.2, 0) is 4.79 Å². The lowest BCUT2D eigenvalue weighted by molar-refractivity contribution is -0.131. The Hall–Kier alpha value is -1.26. The number of unbranched alkanes of at least 4 members (excludes halogenated alkanes) is 3.